The lowest BCUT2D eigenvalue weighted by Gasteiger charge is -2.19. The molecule has 120 valence electrons. The molecule has 0 radical (unpaired) electrons. The van der Waals surface area contributed by atoms with Crippen LogP contribution >= 0.6 is 0 Å². The van der Waals surface area contributed by atoms with E-state index >= 15 is 0 Å². The highest BCUT2D eigenvalue weighted by Crippen LogP contribution is 2.28. The number of carbonyl (C=O) groups excluding carboxylic acids is 2. The van der Waals surface area contributed by atoms with Gasteiger partial charge in [0.25, 0.3) is 0 Å². The van der Waals surface area contributed by atoms with Crippen molar-refractivity contribution in [1.29, 1.82) is 5.26 Å². The smallest absolute Gasteiger partial charge is 0.229 e. The number of aryl methyl sites for hydroxylation is 1. The van der Waals surface area contributed by atoms with Gasteiger partial charge in [0.05, 0.1) is 17.6 Å². The third kappa shape index (κ3) is 3.13. The quantitative estimate of drug-likeness (QED) is 0.945. The van der Waals surface area contributed by atoms with Gasteiger partial charge in [0, 0.05) is 24.3 Å². The molecule has 1 heterocycles. The summed E-state index contributed by atoms with van der Waals surface area (Å²) in [5, 5.41) is 11.6. The van der Waals surface area contributed by atoms with Crippen LogP contribution in [0, 0.1) is 24.2 Å². The number of carbonyl (C=O) groups is 2. The third-order valence-corrected chi connectivity index (χ3v) is 4.18. The first kappa shape index (κ1) is 15.8. The molecular weight excluding hydrogens is 302 g/mol. The summed E-state index contributed by atoms with van der Waals surface area (Å²) in [7, 11) is 0. The van der Waals surface area contributed by atoms with Crippen molar-refractivity contribution >= 4 is 23.2 Å². The predicted molar refractivity (Wildman–Crippen MR) is 91.4 cm³/mol. The Balaban J connectivity index is 1.70. The van der Waals surface area contributed by atoms with E-state index in [-0.39, 0.29) is 24.2 Å². The molecule has 0 unspecified atom stereocenters. The van der Waals surface area contributed by atoms with Crippen LogP contribution in [-0.4, -0.2) is 18.4 Å². The van der Waals surface area contributed by atoms with Crippen molar-refractivity contribution in [2.75, 3.05) is 16.8 Å². The molecule has 2 amide bonds. The van der Waals surface area contributed by atoms with E-state index < -0.39 is 0 Å². The van der Waals surface area contributed by atoms with Gasteiger partial charge in [-0.2, -0.15) is 5.26 Å². The summed E-state index contributed by atoms with van der Waals surface area (Å²) >= 11 is 0. The summed E-state index contributed by atoms with van der Waals surface area (Å²) in [6.45, 7) is 2.33. The summed E-state index contributed by atoms with van der Waals surface area (Å²) in [6, 6.07) is 16.4. The van der Waals surface area contributed by atoms with Gasteiger partial charge >= 0.3 is 0 Å². The minimum absolute atomic E-state index is 0.0377. The molecule has 0 saturated carbocycles. The maximum atomic E-state index is 12.4. The van der Waals surface area contributed by atoms with Crippen molar-refractivity contribution in [3.05, 3.63) is 59.7 Å². The van der Waals surface area contributed by atoms with Crippen LogP contribution in [0.5, 0.6) is 0 Å². The van der Waals surface area contributed by atoms with Crippen molar-refractivity contribution in [2.24, 2.45) is 5.92 Å². The molecule has 24 heavy (non-hydrogen) atoms. The van der Waals surface area contributed by atoms with Crippen LogP contribution in [0.15, 0.2) is 48.5 Å². The van der Waals surface area contributed by atoms with Crippen molar-refractivity contribution in [3.8, 4) is 6.07 Å². The van der Waals surface area contributed by atoms with Crippen LogP contribution in [-0.2, 0) is 9.59 Å². The van der Waals surface area contributed by atoms with Crippen molar-refractivity contribution in [1.82, 2.24) is 0 Å². The van der Waals surface area contributed by atoms with Gasteiger partial charge in [-0.1, -0.05) is 18.2 Å². The average Bonchev–Trinajstić information content (AvgIpc) is 2.98. The second-order valence-electron chi connectivity index (χ2n) is 5.87. The molecule has 2 aromatic carbocycles. The van der Waals surface area contributed by atoms with E-state index in [2.05, 4.69) is 5.32 Å². The first-order valence-electron chi connectivity index (χ1n) is 7.75. The van der Waals surface area contributed by atoms with E-state index in [9.17, 15) is 9.59 Å². The Hall–Kier alpha value is -3.13. The van der Waals surface area contributed by atoms with Gasteiger partial charge in [0.2, 0.25) is 11.8 Å². The van der Waals surface area contributed by atoms with Crippen molar-refractivity contribution < 1.29 is 9.59 Å². The van der Waals surface area contributed by atoms with Gasteiger partial charge in [0.15, 0.2) is 0 Å². The number of benzene rings is 2. The number of amides is 2. The first-order valence-corrected chi connectivity index (χ1v) is 7.75. The van der Waals surface area contributed by atoms with E-state index in [0.29, 0.717) is 17.8 Å². The van der Waals surface area contributed by atoms with E-state index in [0.717, 1.165) is 11.3 Å². The van der Waals surface area contributed by atoms with Crippen LogP contribution in [0.1, 0.15) is 17.5 Å². The summed E-state index contributed by atoms with van der Waals surface area (Å²) in [6.07, 6.45) is 0.205. The molecule has 3 rings (SSSR count). The summed E-state index contributed by atoms with van der Waals surface area (Å²) in [5.41, 5.74) is 3.03. The van der Waals surface area contributed by atoms with Gasteiger partial charge in [0.1, 0.15) is 0 Å². The molecule has 0 aliphatic carbocycles. The number of anilines is 2. The fourth-order valence-corrected chi connectivity index (χ4v) is 2.85. The summed E-state index contributed by atoms with van der Waals surface area (Å²) < 4.78 is 0. The second-order valence-corrected chi connectivity index (χ2v) is 5.87. The van der Waals surface area contributed by atoms with Crippen LogP contribution in [0.3, 0.4) is 0 Å². The zero-order valence-corrected chi connectivity index (χ0v) is 13.3. The second kappa shape index (κ2) is 6.55. The van der Waals surface area contributed by atoms with Gasteiger partial charge in [-0.15, -0.1) is 0 Å². The highest BCUT2D eigenvalue weighted by Gasteiger charge is 2.35. The number of nitrogens with one attached hydrogen (secondary N) is 1. The van der Waals surface area contributed by atoms with E-state index in [1.54, 1.807) is 29.2 Å². The molecule has 1 aliphatic heterocycles. The molecule has 2 aromatic rings. The Morgan fingerprint density at radius 3 is 2.58 bits per heavy atom. The fourth-order valence-electron chi connectivity index (χ4n) is 2.85. The molecule has 0 bridgehead atoms. The highest BCUT2D eigenvalue weighted by atomic mass is 16.2. The lowest BCUT2D eigenvalue weighted by atomic mass is 10.1. The number of rotatable bonds is 3. The standard InChI is InChI=1S/C19H17N3O2/c1-13-4-2-3-5-17(13)22-12-15(10-18(22)23)19(24)21-16-8-6-14(11-20)7-9-16/h2-9,15H,10,12H2,1H3,(H,21,24)/t15-/m1/s1. The third-order valence-electron chi connectivity index (χ3n) is 4.18. The number of hydrogen-bond acceptors (Lipinski definition) is 3. The van der Waals surface area contributed by atoms with Gasteiger partial charge in [-0.05, 0) is 42.8 Å². The lowest BCUT2D eigenvalue weighted by Crippen LogP contribution is -2.28. The van der Waals surface area contributed by atoms with Gasteiger partial charge in [-0.25, -0.2) is 0 Å². The van der Waals surface area contributed by atoms with Crippen LogP contribution < -0.4 is 10.2 Å². The number of para-hydroxylation sites is 1. The van der Waals surface area contributed by atoms with Gasteiger partial charge in [-0.3, -0.25) is 9.59 Å². The Morgan fingerprint density at radius 1 is 1.21 bits per heavy atom. The SMILES string of the molecule is Cc1ccccc1N1C[C@H](C(=O)Nc2ccc(C#N)cc2)CC1=O. The number of hydrogen-bond donors (Lipinski definition) is 1. The van der Waals surface area contributed by atoms with Crippen LogP contribution in [0.2, 0.25) is 0 Å². The molecule has 5 heteroatoms. The molecule has 1 saturated heterocycles. The van der Waals surface area contributed by atoms with Gasteiger partial charge < -0.3 is 10.2 Å². The Bertz CT molecular complexity index is 821. The number of nitriles is 1. The Labute approximate surface area is 140 Å². The summed E-state index contributed by atoms with van der Waals surface area (Å²) in [4.78, 5) is 26.4. The van der Waals surface area contributed by atoms with Crippen LogP contribution in [0.4, 0.5) is 11.4 Å². The molecular formula is C19H17N3O2. The molecule has 5 nitrogen and oxygen atoms in total. The minimum Gasteiger partial charge on any atom is -0.326 e. The van der Waals surface area contributed by atoms with E-state index in [1.165, 1.54) is 0 Å². The monoisotopic (exact) mass is 319 g/mol. The summed E-state index contributed by atoms with van der Waals surface area (Å²) in [5.74, 6) is -0.596. The lowest BCUT2D eigenvalue weighted by molar-refractivity contribution is -0.122. The van der Waals surface area contributed by atoms with E-state index in [4.69, 9.17) is 5.26 Å². The maximum Gasteiger partial charge on any atom is 0.229 e. The molecule has 1 atom stereocenters. The average molecular weight is 319 g/mol. The van der Waals surface area contributed by atoms with Crippen molar-refractivity contribution in [2.45, 2.75) is 13.3 Å². The number of nitrogens with zero attached hydrogens (tertiary/aromatic N) is 2. The highest BCUT2D eigenvalue weighted by molar-refractivity contribution is 6.03. The van der Waals surface area contributed by atoms with Crippen molar-refractivity contribution in [3.63, 3.8) is 0 Å². The Kier molecular flexibility index (Phi) is 4.30. The normalized spacial score (nSPS) is 16.8. The largest absolute Gasteiger partial charge is 0.326 e. The predicted octanol–water partition coefficient (Wildman–Crippen LogP) is 2.86. The Morgan fingerprint density at radius 2 is 1.92 bits per heavy atom. The maximum absolute atomic E-state index is 12.4. The fraction of sp³-hybridized carbons (Fsp3) is 0.211. The topological polar surface area (TPSA) is 73.2 Å². The zero-order chi connectivity index (χ0) is 17.1. The first-order chi connectivity index (χ1) is 11.6. The molecule has 1 aliphatic rings. The van der Waals surface area contributed by atoms with Crippen LogP contribution in [0.25, 0.3) is 0 Å². The molecule has 1 N–H and O–H groups in total. The molecule has 0 aromatic heterocycles. The molecule has 0 spiro atoms. The molecule has 1 fully saturated rings. The zero-order valence-electron chi connectivity index (χ0n) is 13.3. The minimum atomic E-state index is -0.382. The van der Waals surface area contributed by atoms with E-state index in [1.807, 2.05) is 37.3 Å².